The molecule has 20 heavy (non-hydrogen) atoms. The second-order valence-electron chi connectivity index (χ2n) is 4.04. The van der Waals surface area contributed by atoms with Crippen LogP contribution in [0.1, 0.15) is 0 Å². The van der Waals surface area contributed by atoms with Crippen molar-refractivity contribution in [3.63, 3.8) is 0 Å². The van der Waals surface area contributed by atoms with E-state index in [9.17, 15) is 18.0 Å². The fourth-order valence-corrected chi connectivity index (χ4v) is 1.58. The molecule has 0 unspecified atom stereocenters. The average molecular weight is 280 g/mol. The summed E-state index contributed by atoms with van der Waals surface area (Å²) in [7, 11) is 0. The Labute approximate surface area is 113 Å². The van der Waals surface area contributed by atoms with E-state index >= 15 is 0 Å². The van der Waals surface area contributed by atoms with Gasteiger partial charge in [-0.05, 0) is 30.3 Å². The summed E-state index contributed by atoms with van der Waals surface area (Å²) >= 11 is 0. The molecule has 1 amide bonds. The number of benzene rings is 2. The molecule has 0 saturated carbocycles. The van der Waals surface area contributed by atoms with Crippen LogP contribution in [-0.4, -0.2) is 12.5 Å². The highest BCUT2D eigenvalue weighted by Gasteiger charge is 2.06. The number of rotatable bonds is 4. The molecule has 0 aliphatic rings. The number of nitrogens with one attached hydrogen (secondary N) is 2. The van der Waals surface area contributed by atoms with E-state index in [1.807, 2.05) is 0 Å². The van der Waals surface area contributed by atoms with Crippen molar-refractivity contribution < 1.29 is 18.0 Å². The number of anilines is 2. The van der Waals surface area contributed by atoms with Gasteiger partial charge >= 0.3 is 0 Å². The van der Waals surface area contributed by atoms with Gasteiger partial charge in [0, 0.05) is 11.8 Å². The number of carbonyl (C=O) groups is 1. The van der Waals surface area contributed by atoms with E-state index in [1.54, 1.807) is 0 Å². The normalized spacial score (nSPS) is 10.2. The maximum atomic E-state index is 13.3. The summed E-state index contributed by atoms with van der Waals surface area (Å²) in [6.45, 7) is -0.223. The first-order valence-electron chi connectivity index (χ1n) is 5.79. The Kier molecular flexibility index (Phi) is 4.24. The number of carbonyl (C=O) groups excluding carboxylic acids is 1. The van der Waals surface area contributed by atoms with E-state index in [2.05, 4.69) is 10.6 Å². The molecule has 0 heterocycles. The molecule has 2 N–H and O–H groups in total. The molecule has 0 aliphatic heterocycles. The van der Waals surface area contributed by atoms with Crippen LogP contribution in [0.5, 0.6) is 0 Å². The highest BCUT2D eigenvalue weighted by molar-refractivity contribution is 5.93. The maximum absolute atomic E-state index is 13.3. The third kappa shape index (κ3) is 3.74. The molecule has 0 bridgehead atoms. The summed E-state index contributed by atoms with van der Waals surface area (Å²) in [5.74, 6) is -2.43. The second-order valence-corrected chi connectivity index (χ2v) is 4.04. The van der Waals surface area contributed by atoms with Crippen LogP contribution >= 0.6 is 0 Å². The number of amides is 1. The highest BCUT2D eigenvalue weighted by Crippen LogP contribution is 2.14. The lowest BCUT2D eigenvalue weighted by atomic mass is 10.3. The van der Waals surface area contributed by atoms with E-state index in [1.165, 1.54) is 24.3 Å². The van der Waals surface area contributed by atoms with Crippen LogP contribution in [0.4, 0.5) is 24.5 Å². The van der Waals surface area contributed by atoms with Gasteiger partial charge in [-0.2, -0.15) is 0 Å². The lowest BCUT2D eigenvalue weighted by Gasteiger charge is -2.08. The molecule has 0 aromatic heterocycles. The molecule has 3 nitrogen and oxygen atoms in total. The summed E-state index contributed by atoms with van der Waals surface area (Å²) in [4.78, 5) is 11.6. The van der Waals surface area contributed by atoms with Gasteiger partial charge in [0.1, 0.15) is 17.5 Å². The van der Waals surface area contributed by atoms with Crippen molar-refractivity contribution >= 4 is 17.3 Å². The van der Waals surface area contributed by atoms with Crippen molar-refractivity contribution in [2.24, 2.45) is 0 Å². The molecule has 2 aromatic carbocycles. The summed E-state index contributed by atoms with van der Waals surface area (Å²) in [5, 5.41) is 4.97. The summed E-state index contributed by atoms with van der Waals surface area (Å²) in [6.07, 6.45) is 0. The van der Waals surface area contributed by atoms with E-state index in [0.717, 1.165) is 12.1 Å². The monoisotopic (exact) mass is 280 g/mol. The topological polar surface area (TPSA) is 41.1 Å². The van der Waals surface area contributed by atoms with Gasteiger partial charge in [-0.3, -0.25) is 4.79 Å². The zero-order chi connectivity index (χ0) is 14.5. The summed E-state index contributed by atoms with van der Waals surface area (Å²) in [6, 6.07) is 8.39. The van der Waals surface area contributed by atoms with Crippen molar-refractivity contribution in [1.82, 2.24) is 0 Å². The van der Waals surface area contributed by atoms with Gasteiger partial charge in [0.25, 0.3) is 0 Å². The van der Waals surface area contributed by atoms with Crippen LogP contribution in [0.3, 0.4) is 0 Å². The Morgan fingerprint density at radius 1 is 1.00 bits per heavy atom. The van der Waals surface area contributed by atoms with Crippen molar-refractivity contribution in [2.75, 3.05) is 17.2 Å². The maximum Gasteiger partial charge on any atom is 0.243 e. The fraction of sp³-hybridized carbons (Fsp3) is 0.0714. The van der Waals surface area contributed by atoms with Gasteiger partial charge in [0.2, 0.25) is 5.91 Å². The molecule has 0 radical (unpaired) electrons. The van der Waals surface area contributed by atoms with Crippen LogP contribution in [0.25, 0.3) is 0 Å². The lowest BCUT2D eigenvalue weighted by Crippen LogP contribution is -2.22. The smallest absolute Gasteiger partial charge is 0.243 e. The molecule has 0 atom stereocenters. The van der Waals surface area contributed by atoms with E-state index in [0.29, 0.717) is 11.8 Å². The minimum absolute atomic E-state index is 0.0146. The first kappa shape index (κ1) is 13.9. The van der Waals surface area contributed by atoms with Gasteiger partial charge in [0.05, 0.1) is 12.2 Å². The minimum atomic E-state index is -0.788. The van der Waals surface area contributed by atoms with Crippen molar-refractivity contribution in [2.45, 2.75) is 0 Å². The van der Waals surface area contributed by atoms with Gasteiger partial charge in [0.15, 0.2) is 0 Å². The molecular weight excluding hydrogens is 269 g/mol. The zero-order valence-electron chi connectivity index (χ0n) is 10.3. The zero-order valence-corrected chi connectivity index (χ0v) is 10.3. The summed E-state index contributed by atoms with van der Waals surface area (Å²) in [5.41, 5.74) is 0.317. The van der Waals surface area contributed by atoms with Crippen LogP contribution in [0, 0.1) is 17.5 Å². The SMILES string of the molecule is O=C(CNc1ccc(F)cc1F)Nc1cccc(F)c1. The molecule has 6 heteroatoms. The van der Waals surface area contributed by atoms with E-state index in [4.69, 9.17) is 0 Å². The van der Waals surface area contributed by atoms with Crippen LogP contribution in [0.15, 0.2) is 42.5 Å². The van der Waals surface area contributed by atoms with Gasteiger partial charge < -0.3 is 10.6 Å². The Hall–Kier alpha value is -2.50. The largest absolute Gasteiger partial charge is 0.374 e. The molecular formula is C14H11F3N2O. The number of hydrogen-bond acceptors (Lipinski definition) is 2. The lowest BCUT2D eigenvalue weighted by molar-refractivity contribution is -0.114. The average Bonchev–Trinajstić information content (AvgIpc) is 2.37. The number of halogens is 3. The molecule has 104 valence electrons. The standard InChI is InChI=1S/C14H11F3N2O/c15-9-2-1-3-11(6-9)19-14(20)8-18-13-5-4-10(16)7-12(13)17/h1-7,18H,8H2,(H,19,20). The quantitative estimate of drug-likeness (QED) is 0.903. The Bertz CT molecular complexity index is 632. The Morgan fingerprint density at radius 3 is 2.45 bits per heavy atom. The van der Waals surface area contributed by atoms with Crippen LogP contribution < -0.4 is 10.6 Å². The molecule has 0 spiro atoms. The highest BCUT2D eigenvalue weighted by atomic mass is 19.1. The molecule has 0 saturated heterocycles. The van der Waals surface area contributed by atoms with E-state index in [-0.39, 0.29) is 12.2 Å². The van der Waals surface area contributed by atoms with Gasteiger partial charge in [-0.25, -0.2) is 13.2 Å². The van der Waals surface area contributed by atoms with E-state index < -0.39 is 23.4 Å². The third-order valence-corrected chi connectivity index (χ3v) is 2.48. The fourth-order valence-electron chi connectivity index (χ4n) is 1.58. The molecule has 0 fully saturated rings. The van der Waals surface area contributed by atoms with Gasteiger partial charge in [-0.15, -0.1) is 0 Å². The summed E-state index contributed by atoms with van der Waals surface area (Å²) < 4.78 is 38.9. The second kappa shape index (κ2) is 6.10. The van der Waals surface area contributed by atoms with Crippen LogP contribution in [-0.2, 0) is 4.79 Å². The predicted octanol–water partition coefficient (Wildman–Crippen LogP) is 3.15. The first-order valence-corrected chi connectivity index (χ1v) is 5.79. The van der Waals surface area contributed by atoms with Crippen molar-refractivity contribution in [3.8, 4) is 0 Å². The molecule has 0 aliphatic carbocycles. The Morgan fingerprint density at radius 2 is 1.75 bits per heavy atom. The van der Waals surface area contributed by atoms with Crippen molar-refractivity contribution in [1.29, 1.82) is 0 Å². The third-order valence-electron chi connectivity index (χ3n) is 2.48. The molecule has 2 rings (SSSR count). The predicted molar refractivity (Wildman–Crippen MR) is 69.9 cm³/mol. The van der Waals surface area contributed by atoms with Gasteiger partial charge in [-0.1, -0.05) is 6.07 Å². The first-order chi connectivity index (χ1) is 9.54. The number of hydrogen-bond donors (Lipinski definition) is 2. The van der Waals surface area contributed by atoms with Crippen molar-refractivity contribution in [3.05, 3.63) is 59.9 Å². The molecule has 2 aromatic rings. The van der Waals surface area contributed by atoms with Crippen LogP contribution in [0.2, 0.25) is 0 Å². The minimum Gasteiger partial charge on any atom is -0.374 e. The Balaban J connectivity index is 1.92.